The molecule has 0 aliphatic heterocycles. The predicted molar refractivity (Wildman–Crippen MR) is 146 cm³/mol. The van der Waals surface area contributed by atoms with E-state index in [-0.39, 0.29) is 29.0 Å². The van der Waals surface area contributed by atoms with Crippen LogP contribution in [0.25, 0.3) is 11.0 Å². The Hall–Kier alpha value is -4.06. The van der Waals surface area contributed by atoms with Crippen LogP contribution in [0.1, 0.15) is 30.1 Å². The number of para-hydroxylation sites is 2. The number of unbranched alkanes of at least 4 members (excludes halogenated alkanes) is 1. The molecule has 1 atom stereocenters. The fraction of sp³-hybridized carbons (Fsp3) is 0.222. The maximum absolute atomic E-state index is 13.0. The van der Waals surface area contributed by atoms with Crippen LogP contribution in [0, 0.1) is 0 Å². The number of amides is 1. The Morgan fingerprint density at radius 1 is 0.921 bits per heavy atom. The van der Waals surface area contributed by atoms with Crippen molar-refractivity contribution in [3.63, 3.8) is 0 Å². The second kappa shape index (κ2) is 12.5. The summed E-state index contributed by atoms with van der Waals surface area (Å²) in [7, 11) is -3.91. The standard InChI is InChI=1S/C27H29N5O5S/c1-2-3-17-37-24(33)18-28-27(34)19-13-15-20(16-14-19)29-25-26(31-23-12-8-7-11-22(23)30-25)32-38(35,36)21-9-5-4-6-10-21/h4-16,24,33H,2-3,17-18H2,1H3,(H,28,34)(H,29,30)(H,31,32). The summed E-state index contributed by atoms with van der Waals surface area (Å²) in [6.45, 7) is 2.42. The van der Waals surface area contributed by atoms with Crippen molar-refractivity contribution in [2.75, 3.05) is 23.2 Å². The minimum absolute atomic E-state index is 0.0276. The molecule has 198 valence electrons. The van der Waals surface area contributed by atoms with Crippen LogP contribution in [0.5, 0.6) is 0 Å². The summed E-state index contributed by atoms with van der Waals surface area (Å²) in [6.07, 6.45) is 0.706. The molecule has 0 aliphatic carbocycles. The van der Waals surface area contributed by atoms with Crippen LogP contribution in [-0.4, -0.2) is 48.8 Å². The highest BCUT2D eigenvalue weighted by Gasteiger charge is 2.19. The average molecular weight is 536 g/mol. The molecule has 1 amide bonds. The number of fused-ring (bicyclic) bond motifs is 1. The zero-order valence-electron chi connectivity index (χ0n) is 20.8. The van der Waals surface area contributed by atoms with E-state index in [1.54, 1.807) is 60.7 Å². The Balaban J connectivity index is 1.50. The Labute approximate surface area is 221 Å². The molecule has 4 aromatic rings. The van der Waals surface area contributed by atoms with Gasteiger partial charge in [-0.3, -0.25) is 9.52 Å². The van der Waals surface area contributed by atoms with Gasteiger partial charge in [0.2, 0.25) is 0 Å². The molecule has 0 bridgehead atoms. The lowest BCUT2D eigenvalue weighted by molar-refractivity contribution is -0.0953. The van der Waals surface area contributed by atoms with Crippen LogP contribution >= 0.6 is 0 Å². The van der Waals surface area contributed by atoms with Crippen molar-refractivity contribution in [2.45, 2.75) is 31.0 Å². The van der Waals surface area contributed by atoms with Gasteiger partial charge in [-0.05, 0) is 55.0 Å². The predicted octanol–water partition coefficient (Wildman–Crippen LogP) is 4.04. The third-order valence-electron chi connectivity index (χ3n) is 5.51. The molecule has 1 unspecified atom stereocenters. The Morgan fingerprint density at radius 3 is 2.21 bits per heavy atom. The van der Waals surface area contributed by atoms with E-state index >= 15 is 0 Å². The van der Waals surface area contributed by atoms with Gasteiger partial charge in [0.15, 0.2) is 17.9 Å². The number of rotatable bonds is 12. The fourth-order valence-corrected chi connectivity index (χ4v) is 4.52. The summed E-state index contributed by atoms with van der Waals surface area (Å²) in [6, 6.07) is 21.6. The van der Waals surface area contributed by atoms with E-state index in [1.165, 1.54) is 12.1 Å². The molecule has 1 heterocycles. The molecule has 38 heavy (non-hydrogen) atoms. The number of aliphatic hydroxyl groups is 1. The Morgan fingerprint density at radius 2 is 1.55 bits per heavy atom. The molecule has 4 N–H and O–H groups in total. The van der Waals surface area contributed by atoms with Crippen molar-refractivity contribution in [1.82, 2.24) is 15.3 Å². The van der Waals surface area contributed by atoms with Crippen molar-refractivity contribution in [3.05, 3.63) is 84.4 Å². The normalized spacial score (nSPS) is 12.2. The molecule has 4 rings (SSSR count). The topological polar surface area (TPSA) is 143 Å². The lowest BCUT2D eigenvalue weighted by Crippen LogP contribution is -2.33. The van der Waals surface area contributed by atoms with Crippen LogP contribution in [-0.2, 0) is 14.8 Å². The highest BCUT2D eigenvalue weighted by Crippen LogP contribution is 2.27. The van der Waals surface area contributed by atoms with Crippen molar-refractivity contribution in [2.24, 2.45) is 0 Å². The highest BCUT2D eigenvalue weighted by molar-refractivity contribution is 7.92. The van der Waals surface area contributed by atoms with Crippen molar-refractivity contribution in [1.29, 1.82) is 0 Å². The van der Waals surface area contributed by atoms with E-state index in [9.17, 15) is 18.3 Å². The zero-order valence-corrected chi connectivity index (χ0v) is 21.6. The number of ether oxygens (including phenoxy) is 1. The summed E-state index contributed by atoms with van der Waals surface area (Å²) in [5.41, 5.74) is 2.05. The van der Waals surface area contributed by atoms with Crippen molar-refractivity contribution in [3.8, 4) is 0 Å². The van der Waals surface area contributed by atoms with Gasteiger partial charge in [0, 0.05) is 17.9 Å². The molecule has 3 aromatic carbocycles. The van der Waals surface area contributed by atoms with Gasteiger partial charge in [-0.1, -0.05) is 43.7 Å². The quantitative estimate of drug-likeness (QED) is 0.157. The summed E-state index contributed by atoms with van der Waals surface area (Å²) in [5, 5.41) is 15.5. The number of nitrogens with zero attached hydrogens (tertiary/aromatic N) is 2. The first-order valence-corrected chi connectivity index (χ1v) is 13.6. The van der Waals surface area contributed by atoms with Gasteiger partial charge in [0.1, 0.15) is 0 Å². The number of sulfonamides is 1. The Bertz CT molecular complexity index is 1480. The number of benzene rings is 3. The molecule has 0 saturated heterocycles. The Kier molecular flexibility index (Phi) is 8.85. The van der Waals surface area contributed by atoms with Gasteiger partial charge in [-0.2, -0.15) is 0 Å². The summed E-state index contributed by atoms with van der Waals surface area (Å²) in [5.74, 6) is -0.129. The number of aromatic nitrogens is 2. The number of nitrogens with one attached hydrogen (secondary N) is 3. The third-order valence-corrected chi connectivity index (χ3v) is 6.87. The van der Waals surface area contributed by atoms with Crippen LogP contribution < -0.4 is 15.4 Å². The second-order valence-electron chi connectivity index (χ2n) is 8.42. The van der Waals surface area contributed by atoms with Crippen LogP contribution in [0.15, 0.2) is 83.8 Å². The van der Waals surface area contributed by atoms with Gasteiger partial charge in [0.05, 0.1) is 22.5 Å². The van der Waals surface area contributed by atoms with E-state index in [0.717, 1.165) is 12.8 Å². The fourth-order valence-electron chi connectivity index (χ4n) is 3.49. The minimum Gasteiger partial charge on any atom is -0.366 e. The van der Waals surface area contributed by atoms with Crippen LogP contribution in [0.4, 0.5) is 17.3 Å². The molecular weight excluding hydrogens is 506 g/mol. The van der Waals surface area contributed by atoms with Gasteiger partial charge in [-0.25, -0.2) is 18.4 Å². The first-order valence-electron chi connectivity index (χ1n) is 12.2. The monoisotopic (exact) mass is 535 g/mol. The zero-order chi connectivity index (χ0) is 27.0. The first-order chi connectivity index (χ1) is 18.4. The lowest BCUT2D eigenvalue weighted by atomic mass is 10.2. The van der Waals surface area contributed by atoms with E-state index in [1.807, 2.05) is 13.0 Å². The summed E-state index contributed by atoms with van der Waals surface area (Å²) < 4.78 is 33.7. The molecule has 0 radical (unpaired) electrons. The van der Waals surface area contributed by atoms with Crippen molar-refractivity contribution >= 4 is 44.3 Å². The molecule has 10 nitrogen and oxygen atoms in total. The maximum atomic E-state index is 13.0. The number of anilines is 3. The van der Waals surface area contributed by atoms with Gasteiger partial charge in [-0.15, -0.1) is 0 Å². The number of hydrogen-bond acceptors (Lipinski definition) is 8. The van der Waals surface area contributed by atoms with E-state index in [4.69, 9.17) is 4.74 Å². The van der Waals surface area contributed by atoms with Crippen molar-refractivity contribution < 1.29 is 23.1 Å². The molecule has 0 fully saturated rings. The summed E-state index contributed by atoms with van der Waals surface area (Å²) >= 11 is 0. The highest BCUT2D eigenvalue weighted by atomic mass is 32.2. The molecule has 0 spiro atoms. The second-order valence-corrected chi connectivity index (χ2v) is 10.1. The number of carbonyl (C=O) groups is 1. The molecule has 0 aliphatic rings. The third kappa shape index (κ3) is 7.03. The minimum atomic E-state index is -3.91. The average Bonchev–Trinajstić information content (AvgIpc) is 2.93. The van der Waals surface area contributed by atoms with Gasteiger partial charge >= 0.3 is 0 Å². The van der Waals surface area contributed by atoms with Gasteiger partial charge in [0.25, 0.3) is 15.9 Å². The van der Waals surface area contributed by atoms with E-state index in [0.29, 0.717) is 28.9 Å². The number of aliphatic hydroxyl groups excluding tert-OH is 1. The van der Waals surface area contributed by atoms with E-state index < -0.39 is 16.3 Å². The largest absolute Gasteiger partial charge is 0.366 e. The molecule has 11 heteroatoms. The first kappa shape index (κ1) is 27.0. The number of hydrogen-bond donors (Lipinski definition) is 4. The molecular formula is C27H29N5O5S. The molecule has 1 aromatic heterocycles. The SMILES string of the molecule is CCCCOC(O)CNC(=O)c1ccc(Nc2nc3ccccc3nc2NS(=O)(=O)c2ccccc2)cc1. The van der Waals surface area contributed by atoms with Gasteiger partial charge < -0.3 is 20.5 Å². The maximum Gasteiger partial charge on any atom is 0.263 e. The number of carbonyl (C=O) groups excluding carboxylic acids is 1. The summed E-state index contributed by atoms with van der Waals surface area (Å²) in [4.78, 5) is 21.6. The van der Waals surface area contributed by atoms with E-state index in [2.05, 4.69) is 25.3 Å². The molecule has 0 saturated carbocycles. The lowest BCUT2D eigenvalue weighted by Gasteiger charge is -2.14. The smallest absolute Gasteiger partial charge is 0.263 e. The van der Waals surface area contributed by atoms with Crippen LogP contribution in [0.3, 0.4) is 0 Å². The van der Waals surface area contributed by atoms with Crippen LogP contribution in [0.2, 0.25) is 0 Å².